The van der Waals surface area contributed by atoms with Crippen LogP contribution in [-0.4, -0.2) is 40.0 Å². The van der Waals surface area contributed by atoms with Gasteiger partial charge in [-0.1, -0.05) is 65.9 Å². The molecule has 0 saturated carbocycles. The van der Waals surface area contributed by atoms with Crippen LogP contribution in [0.4, 0.5) is 0 Å². The highest BCUT2D eigenvalue weighted by molar-refractivity contribution is 5.96. The number of hydrogen-bond acceptors (Lipinski definition) is 5. The molecule has 7 nitrogen and oxygen atoms in total. The van der Waals surface area contributed by atoms with Crippen molar-refractivity contribution in [2.75, 3.05) is 7.11 Å². The Morgan fingerprint density at radius 3 is 2.25 bits per heavy atom. The van der Waals surface area contributed by atoms with Gasteiger partial charge in [0.05, 0.1) is 19.3 Å². The van der Waals surface area contributed by atoms with Gasteiger partial charge in [0.25, 0.3) is 5.91 Å². The molecule has 0 saturated heterocycles. The second kappa shape index (κ2) is 8.94. The number of methoxy groups -OCH3 is 1. The molecule has 0 spiro atoms. The summed E-state index contributed by atoms with van der Waals surface area (Å²) in [7, 11) is 1.30. The summed E-state index contributed by atoms with van der Waals surface area (Å²) in [6, 6.07) is 18.4. The minimum Gasteiger partial charge on any atom is -0.467 e. The molecule has 0 aliphatic rings. The molecule has 144 valence electrons. The molecule has 1 aromatic heterocycles. The fraction of sp³-hybridized carbons (Fsp3) is 0.238. The first-order chi connectivity index (χ1) is 13.6. The van der Waals surface area contributed by atoms with Gasteiger partial charge in [0.2, 0.25) is 0 Å². The number of carbonyl (C=O) groups excluding carboxylic acids is 2. The van der Waals surface area contributed by atoms with E-state index < -0.39 is 17.9 Å². The van der Waals surface area contributed by atoms with Crippen LogP contribution in [-0.2, 0) is 22.5 Å². The molecule has 0 bridgehead atoms. The number of benzene rings is 2. The lowest BCUT2D eigenvalue weighted by molar-refractivity contribution is -0.142. The summed E-state index contributed by atoms with van der Waals surface area (Å²) in [5.41, 5.74) is 2.80. The van der Waals surface area contributed by atoms with Crippen LogP contribution in [0.15, 0.2) is 60.7 Å². The van der Waals surface area contributed by atoms with Crippen LogP contribution in [0.2, 0.25) is 0 Å². The van der Waals surface area contributed by atoms with Crippen LogP contribution in [0.3, 0.4) is 0 Å². The molecule has 0 fully saturated rings. The third-order valence-corrected chi connectivity index (χ3v) is 4.45. The van der Waals surface area contributed by atoms with Gasteiger partial charge in [-0.05, 0) is 18.1 Å². The van der Waals surface area contributed by atoms with Crippen molar-refractivity contribution in [2.24, 2.45) is 0 Å². The molecular formula is C21H22N4O3. The van der Waals surface area contributed by atoms with Crippen molar-refractivity contribution < 1.29 is 14.3 Å². The molecule has 3 rings (SSSR count). The molecule has 1 N–H and O–H groups in total. The summed E-state index contributed by atoms with van der Waals surface area (Å²) in [5.74, 6) is -0.963. The topological polar surface area (TPSA) is 86.1 Å². The first kappa shape index (κ1) is 19.3. The average Bonchev–Trinajstić information content (AvgIpc) is 3.08. The molecule has 28 heavy (non-hydrogen) atoms. The van der Waals surface area contributed by atoms with Crippen molar-refractivity contribution >= 4 is 11.9 Å². The first-order valence-corrected chi connectivity index (χ1v) is 8.95. The van der Waals surface area contributed by atoms with Gasteiger partial charge in [-0.15, -0.1) is 5.10 Å². The lowest BCUT2D eigenvalue weighted by Gasteiger charge is -2.16. The Morgan fingerprint density at radius 2 is 1.64 bits per heavy atom. The quantitative estimate of drug-likeness (QED) is 0.637. The summed E-state index contributed by atoms with van der Waals surface area (Å²) in [6.45, 7) is 2.29. The Bertz CT molecular complexity index is 939. The Labute approximate surface area is 163 Å². The van der Waals surface area contributed by atoms with Crippen LogP contribution in [0.5, 0.6) is 0 Å². The number of ether oxygens (including phenoxy) is 1. The Kier molecular flexibility index (Phi) is 6.16. The van der Waals surface area contributed by atoms with E-state index in [-0.39, 0.29) is 5.69 Å². The third kappa shape index (κ3) is 4.62. The van der Waals surface area contributed by atoms with Gasteiger partial charge >= 0.3 is 5.97 Å². The van der Waals surface area contributed by atoms with Crippen LogP contribution in [0.1, 0.15) is 27.3 Å². The number of nitrogens with zero attached hydrogens (tertiary/aromatic N) is 3. The van der Waals surface area contributed by atoms with Crippen LogP contribution < -0.4 is 5.32 Å². The van der Waals surface area contributed by atoms with E-state index in [0.29, 0.717) is 18.7 Å². The van der Waals surface area contributed by atoms with Gasteiger partial charge in [0, 0.05) is 6.42 Å². The highest BCUT2D eigenvalue weighted by Crippen LogP contribution is 2.10. The van der Waals surface area contributed by atoms with Gasteiger partial charge in [0.15, 0.2) is 5.69 Å². The van der Waals surface area contributed by atoms with Crippen molar-refractivity contribution in [2.45, 2.75) is 25.9 Å². The van der Waals surface area contributed by atoms with Crippen molar-refractivity contribution in [3.05, 3.63) is 83.2 Å². The van der Waals surface area contributed by atoms with Crippen molar-refractivity contribution in [1.82, 2.24) is 20.3 Å². The molecule has 0 aliphatic carbocycles. The third-order valence-electron chi connectivity index (χ3n) is 4.45. The fourth-order valence-electron chi connectivity index (χ4n) is 2.89. The molecule has 1 heterocycles. The maximum Gasteiger partial charge on any atom is 0.328 e. The highest BCUT2D eigenvalue weighted by Gasteiger charge is 2.25. The zero-order chi connectivity index (χ0) is 19.9. The maximum atomic E-state index is 12.7. The summed E-state index contributed by atoms with van der Waals surface area (Å²) < 4.78 is 6.50. The SMILES string of the molecule is COC(=O)C(Cc1ccccc1)NC(=O)c1nnn(Cc2ccccc2)c1C. The molecule has 0 aliphatic heterocycles. The van der Waals surface area contributed by atoms with Crippen LogP contribution in [0.25, 0.3) is 0 Å². The Morgan fingerprint density at radius 1 is 1.04 bits per heavy atom. The van der Waals surface area contributed by atoms with Gasteiger partial charge in [-0.3, -0.25) is 4.79 Å². The van der Waals surface area contributed by atoms with E-state index in [9.17, 15) is 9.59 Å². The van der Waals surface area contributed by atoms with Crippen LogP contribution >= 0.6 is 0 Å². The predicted octanol–water partition coefficient (Wildman–Crippen LogP) is 2.15. The summed E-state index contributed by atoms with van der Waals surface area (Å²) >= 11 is 0. The van der Waals surface area contributed by atoms with Gasteiger partial charge in [0.1, 0.15) is 6.04 Å². The number of esters is 1. The smallest absolute Gasteiger partial charge is 0.328 e. The highest BCUT2D eigenvalue weighted by atomic mass is 16.5. The molecule has 3 aromatic rings. The fourth-order valence-corrected chi connectivity index (χ4v) is 2.89. The Balaban J connectivity index is 1.74. The van der Waals surface area contributed by atoms with E-state index in [1.807, 2.05) is 60.7 Å². The molecule has 2 aromatic carbocycles. The molecule has 7 heteroatoms. The zero-order valence-electron chi connectivity index (χ0n) is 15.8. The monoisotopic (exact) mass is 378 g/mol. The second-order valence-electron chi connectivity index (χ2n) is 6.41. The van der Waals surface area contributed by atoms with Crippen molar-refractivity contribution in [3.63, 3.8) is 0 Å². The van der Waals surface area contributed by atoms with Gasteiger partial charge < -0.3 is 10.1 Å². The van der Waals surface area contributed by atoms with E-state index in [4.69, 9.17) is 4.74 Å². The molecule has 1 atom stereocenters. The van der Waals surface area contributed by atoms with E-state index in [0.717, 1.165) is 11.1 Å². The predicted molar refractivity (Wildman–Crippen MR) is 104 cm³/mol. The van der Waals surface area contributed by atoms with Crippen molar-refractivity contribution in [3.8, 4) is 0 Å². The lowest BCUT2D eigenvalue weighted by Crippen LogP contribution is -2.43. The van der Waals surface area contributed by atoms with Gasteiger partial charge in [-0.2, -0.15) is 0 Å². The minimum absolute atomic E-state index is 0.192. The normalized spacial score (nSPS) is 11.6. The summed E-state index contributed by atoms with van der Waals surface area (Å²) in [4.78, 5) is 24.9. The van der Waals surface area contributed by atoms with E-state index in [2.05, 4.69) is 15.6 Å². The minimum atomic E-state index is -0.807. The van der Waals surface area contributed by atoms with E-state index in [1.165, 1.54) is 7.11 Å². The molecular weight excluding hydrogens is 356 g/mol. The van der Waals surface area contributed by atoms with Crippen molar-refractivity contribution in [1.29, 1.82) is 0 Å². The number of amides is 1. The first-order valence-electron chi connectivity index (χ1n) is 8.95. The zero-order valence-corrected chi connectivity index (χ0v) is 15.8. The lowest BCUT2D eigenvalue weighted by atomic mass is 10.1. The summed E-state index contributed by atoms with van der Waals surface area (Å²) in [5, 5.41) is 10.8. The molecule has 0 radical (unpaired) electrons. The standard InChI is InChI=1S/C21H22N4O3/c1-15-19(23-24-25(15)14-17-11-7-4-8-12-17)20(26)22-18(21(27)28-2)13-16-9-5-3-6-10-16/h3-12,18H,13-14H2,1-2H3,(H,22,26). The summed E-state index contributed by atoms with van der Waals surface area (Å²) in [6.07, 6.45) is 0.330. The number of aromatic nitrogens is 3. The largest absolute Gasteiger partial charge is 0.467 e. The Hall–Kier alpha value is -3.48. The van der Waals surface area contributed by atoms with E-state index in [1.54, 1.807) is 11.6 Å². The number of hydrogen-bond donors (Lipinski definition) is 1. The second-order valence-corrected chi connectivity index (χ2v) is 6.41. The average molecular weight is 378 g/mol. The number of carbonyl (C=O) groups is 2. The van der Waals surface area contributed by atoms with Gasteiger partial charge in [-0.25, -0.2) is 9.48 Å². The molecule has 1 amide bonds. The number of rotatable bonds is 7. The molecule has 1 unspecified atom stereocenters. The number of nitrogens with one attached hydrogen (secondary N) is 1. The maximum absolute atomic E-state index is 12.7. The van der Waals surface area contributed by atoms with E-state index >= 15 is 0 Å². The van der Waals surface area contributed by atoms with Crippen LogP contribution in [0, 0.1) is 6.92 Å².